The number of nitrogens with zero attached hydrogens (tertiary/aromatic N) is 3. The van der Waals surface area contributed by atoms with Gasteiger partial charge in [-0.2, -0.15) is 5.10 Å². The molecule has 2 rings (SSSR count). The van der Waals surface area contributed by atoms with Crippen molar-refractivity contribution in [2.45, 2.75) is 65.6 Å². The minimum atomic E-state index is -0.510. The van der Waals surface area contributed by atoms with E-state index in [9.17, 15) is 4.79 Å². The van der Waals surface area contributed by atoms with E-state index in [-0.39, 0.29) is 6.09 Å². The highest BCUT2D eigenvalue weighted by Gasteiger charge is 2.29. The number of fused-ring (bicyclic) bond motifs is 1. The van der Waals surface area contributed by atoms with E-state index >= 15 is 0 Å². The summed E-state index contributed by atoms with van der Waals surface area (Å²) in [4.78, 5) is 14.0. The van der Waals surface area contributed by atoms with Gasteiger partial charge in [-0.05, 0) is 20.8 Å². The Morgan fingerprint density at radius 1 is 1.42 bits per heavy atom. The van der Waals surface area contributed by atoms with Gasteiger partial charge in [0, 0.05) is 37.6 Å². The summed E-state index contributed by atoms with van der Waals surface area (Å²) in [5.74, 6) is 6.14. The number of amides is 1. The first kappa shape index (κ1) is 18.1. The Labute approximate surface area is 143 Å². The number of carbonyl (C=O) groups excluding carboxylic acids is 1. The van der Waals surface area contributed by atoms with E-state index in [4.69, 9.17) is 10.1 Å². The van der Waals surface area contributed by atoms with Crippen LogP contribution >= 0.6 is 0 Å². The molecule has 0 saturated heterocycles. The fourth-order valence-corrected chi connectivity index (χ4v) is 2.64. The van der Waals surface area contributed by atoms with Gasteiger partial charge in [0.25, 0.3) is 0 Å². The second-order valence-corrected chi connectivity index (χ2v) is 6.79. The van der Waals surface area contributed by atoms with E-state index in [2.05, 4.69) is 16.9 Å². The van der Waals surface area contributed by atoms with E-state index < -0.39 is 5.60 Å². The number of aryl methyl sites for hydroxylation is 1. The number of nitrogens with one attached hydrogen (secondary N) is 1. The Morgan fingerprint density at radius 3 is 2.79 bits per heavy atom. The van der Waals surface area contributed by atoms with Gasteiger partial charge in [-0.15, -0.1) is 11.8 Å². The second-order valence-electron chi connectivity index (χ2n) is 6.79. The predicted octanol–water partition coefficient (Wildman–Crippen LogP) is 2.98. The van der Waals surface area contributed by atoms with Crippen molar-refractivity contribution in [2.24, 2.45) is 0 Å². The Hall–Kier alpha value is -2.29. The van der Waals surface area contributed by atoms with Gasteiger partial charge in [0.2, 0.25) is 0 Å². The molecule has 0 saturated carbocycles. The van der Waals surface area contributed by atoms with E-state index in [0.717, 1.165) is 23.4 Å². The van der Waals surface area contributed by atoms with Crippen LogP contribution in [0.5, 0.6) is 0 Å². The molecule has 6 nitrogen and oxygen atoms in total. The van der Waals surface area contributed by atoms with Crippen molar-refractivity contribution in [1.29, 1.82) is 5.41 Å². The fourth-order valence-electron chi connectivity index (χ4n) is 2.64. The number of ether oxygens (including phenoxy) is 1. The maximum Gasteiger partial charge on any atom is 0.410 e. The summed E-state index contributed by atoms with van der Waals surface area (Å²) in [5.41, 5.74) is 2.17. The summed E-state index contributed by atoms with van der Waals surface area (Å²) < 4.78 is 7.28. The van der Waals surface area contributed by atoms with Crippen LogP contribution in [0, 0.1) is 17.3 Å². The van der Waals surface area contributed by atoms with Crippen molar-refractivity contribution < 1.29 is 9.53 Å². The van der Waals surface area contributed by atoms with E-state index in [1.807, 2.05) is 32.4 Å². The van der Waals surface area contributed by atoms with Crippen LogP contribution in [0.4, 0.5) is 4.79 Å². The molecule has 0 spiro atoms. The van der Waals surface area contributed by atoms with Gasteiger partial charge < -0.3 is 15.0 Å². The first-order valence-corrected chi connectivity index (χ1v) is 8.38. The zero-order chi connectivity index (χ0) is 17.7. The van der Waals surface area contributed by atoms with Crippen LogP contribution < -0.4 is 0 Å². The molecule has 24 heavy (non-hydrogen) atoms. The third-order valence-electron chi connectivity index (χ3n) is 3.68. The lowest BCUT2D eigenvalue weighted by Gasteiger charge is -2.29. The van der Waals surface area contributed by atoms with Gasteiger partial charge in [0.15, 0.2) is 0 Å². The number of carbonyl (C=O) groups is 1. The highest BCUT2D eigenvalue weighted by Crippen LogP contribution is 2.23. The molecule has 1 aliphatic rings. The Kier molecular flexibility index (Phi) is 5.66. The minimum Gasteiger partial charge on any atom is -0.444 e. The van der Waals surface area contributed by atoms with E-state index in [1.54, 1.807) is 4.90 Å². The molecule has 1 aromatic rings. The van der Waals surface area contributed by atoms with Crippen LogP contribution in [0.25, 0.3) is 0 Å². The Balaban J connectivity index is 2.14. The zero-order valence-electron chi connectivity index (χ0n) is 15.0. The molecule has 0 aromatic carbocycles. The molecule has 1 aromatic heterocycles. The first-order valence-electron chi connectivity index (χ1n) is 8.38. The lowest BCUT2D eigenvalue weighted by molar-refractivity contribution is 0.0223. The maximum absolute atomic E-state index is 12.3. The van der Waals surface area contributed by atoms with Crippen LogP contribution in [0.3, 0.4) is 0 Å². The van der Waals surface area contributed by atoms with Crippen LogP contribution in [-0.4, -0.2) is 39.1 Å². The molecular weight excluding hydrogens is 304 g/mol. The fraction of sp³-hybridized carbons (Fsp3) is 0.611. The third kappa shape index (κ3) is 4.38. The SMILES string of the molecule is CCC#CCCn1nc2c(c1C=N)CN(C(=O)OC(C)(C)C)CC2. The maximum atomic E-state index is 12.3. The molecule has 1 amide bonds. The highest BCUT2D eigenvalue weighted by molar-refractivity contribution is 5.78. The molecular formula is C18H26N4O2. The Morgan fingerprint density at radius 2 is 2.17 bits per heavy atom. The molecule has 0 radical (unpaired) electrons. The molecule has 1 aliphatic heterocycles. The predicted molar refractivity (Wildman–Crippen MR) is 93.1 cm³/mol. The third-order valence-corrected chi connectivity index (χ3v) is 3.68. The summed E-state index contributed by atoms with van der Waals surface area (Å²) in [5, 5.41) is 12.3. The van der Waals surface area contributed by atoms with Crippen molar-refractivity contribution in [3.05, 3.63) is 17.0 Å². The number of hydrogen-bond donors (Lipinski definition) is 1. The molecule has 0 fully saturated rings. The van der Waals surface area contributed by atoms with Gasteiger partial charge in [0.1, 0.15) is 5.60 Å². The van der Waals surface area contributed by atoms with Crippen LogP contribution in [0.1, 0.15) is 57.5 Å². The molecule has 0 bridgehead atoms. The lowest BCUT2D eigenvalue weighted by atomic mass is 10.1. The van der Waals surface area contributed by atoms with Crippen molar-refractivity contribution in [2.75, 3.05) is 6.54 Å². The molecule has 2 heterocycles. The van der Waals surface area contributed by atoms with Crippen LogP contribution in [-0.2, 0) is 24.2 Å². The summed E-state index contributed by atoms with van der Waals surface area (Å²) in [6.45, 7) is 9.29. The minimum absolute atomic E-state index is 0.314. The van der Waals surface area contributed by atoms with Crippen molar-refractivity contribution in [1.82, 2.24) is 14.7 Å². The number of rotatable bonds is 3. The topological polar surface area (TPSA) is 71.2 Å². The molecule has 130 valence electrons. The quantitative estimate of drug-likeness (QED) is 0.684. The molecule has 6 heteroatoms. The Bertz CT molecular complexity index is 674. The summed E-state index contributed by atoms with van der Waals surface area (Å²) in [6.07, 6.45) is 3.24. The summed E-state index contributed by atoms with van der Waals surface area (Å²) in [6, 6.07) is 0. The zero-order valence-corrected chi connectivity index (χ0v) is 15.0. The second kappa shape index (κ2) is 7.52. The monoisotopic (exact) mass is 330 g/mol. The summed E-state index contributed by atoms with van der Waals surface area (Å²) in [7, 11) is 0. The first-order chi connectivity index (χ1) is 11.4. The van der Waals surface area contributed by atoms with Crippen molar-refractivity contribution >= 4 is 12.3 Å². The number of hydrogen-bond acceptors (Lipinski definition) is 4. The molecule has 0 atom stereocenters. The molecule has 1 N–H and O–H groups in total. The highest BCUT2D eigenvalue weighted by atomic mass is 16.6. The van der Waals surface area contributed by atoms with Crippen molar-refractivity contribution in [3.63, 3.8) is 0 Å². The van der Waals surface area contributed by atoms with Crippen molar-refractivity contribution in [3.8, 4) is 11.8 Å². The van der Waals surface area contributed by atoms with Gasteiger partial charge in [-0.3, -0.25) is 4.68 Å². The van der Waals surface area contributed by atoms with Gasteiger partial charge in [-0.25, -0.2) is 4.79 Å². The van der Waals surface area contributed by atoms with E-state index in [0.29, 0.717) is 32.5 Å². The lowest BCUT2D eigenvalue weighted by Crippen LogP contribution is -2.40. The van der Waals surface area contributed by atoms with Gasteiger partial charge in [0.05, 0.1) is 24.5 Å². The van der Waals surface area contributed by atoms with Crippen LogP contribution in [0.2, 0.25) is 0 Å². The smallest absolute Gasteiger partial charge is 0.410 e. The summed E-state index contributed by atoms with van der Waals surface area (Å²) >= 11 is 0. The normalized spacial score (nSPS) is 13.8. The standard InChI is InChI=1S/C18H26N4O2/c1-5-6-7-8-10-22-16(12-19)14-13-21(11-9-15(14)20-22)17(23)24-18(2,3)4/h12,19H,5,8-11,13H2,1-4H3. The van der Waals surface area contributed by atoms with Gasteiger partial charge >= 0.3 is 6.09 Å². The average molecular weight is 330 g/mol. The average Bonchev–Trinajstić information content (AvgIpc) is 2.86. The van der Waals surface area contributed by atoms with Gasteiger partial charge in [-0.1, -0.05) is 6.92 Å². The number of aromatic nitrogens is 2. The molecule has 0 unspecified atom stereocenters. The largest absolute Gasteiger partial charge is 0.444 e. The van der Waals surface area contributed by atoms with Crippen LogP contribution in [0.15, 0.2) is 0 Å². The molecule has 0 aliphatic carbocycles. The van der Waals surface area contributed by atoms with E-state index in [1.165, 1.54) is 6.21 Å².